The average Bonchev–Trinajstić information content (AvgIpc) is 3.12. The maximum atomic E-state index is 13.2. The van der Waals surface area contributed by atoms with E-state index in [1.165, 1.54) is 0 Å². The van der Waals surface area contributed by atoms with Crippen LogP contribution in [0.5, 0.6) is 0 Å². The molecule has 0 spiro atoms. The minimum atomic E-state index is -1.31. The molecule has 0 unspecified atom stereocenters. The molecule has 0 heterocycles. The van der Waals surface area contributed by atoms with Gasteiger partial charge in [0.05, 0.1) is 30.8 Å². The summed E-state index contributed by atoms with van der Waals surface area (Å²) in [6.45, 7) is 8.05. The van der Waals surface area contributed by atoms with Crippen molar-refractivity contribution in [2.45, 2.75) is 38.0 Å². The molecule has 0 aliphatic carbocycles. The van der Waals surface area contributed by atoms with Crippen molar-refractivity contribution in [3.63, 3.8) is 0 Å². The van der Waals surface area contributed by atoms with Gasteiger partial charge in [-0.25, -0.2) is 0 Å². The van der Waals surface area contributed by atoms with Crippen LogP contribution >= 0.6 is 0 Å². The van der Waals surface area contributed by atoms with E-state index in [1.807, 2.05) is 54.6 Å². The number of nitrogens with one attached hydrogen (secondary N) is 6. The number of carboxylic acid groups (broad SMARTS) is 1. The molecule has 0 radical (unpaired) electrons. The van der Waals surface area contributed by atoms with Crippen molar-refractivity contribution in [2.24, 2.45) is 0 Å². The summed E-state index contributed by atoms with van der Waals surface area (Å²) in [5, 5.41) is 25.7. The van der Waals surface area contributed by atoms with Crippen LogP contribution < -0.4 is 31.9 Å². The quantitative estimate of drug-likeness (QED) is 0.0748. The number of carbonyl (C=O) groups excluding carboxylic acids is 5. The molecule has 7 N–H and O–H groups in total. The first-order valence-electron chi connectivity index (χ1n) is 16.8. The number of amides is 5. The van der Waals surface area contributed by atoms with E-state index in [9.17, 15) is 33.9 Å². The van der Waals surface area contributed by atoms with Gasteiger partial charge >= 0.3 is 5.97 Å². The largest absolute Gasteiger partial charge is 0.481 e. The second-order valence-corrected chi connectivity index (χ2v) is 12.1. The van der Waals surface area contributed by atoms with Crippen LogP contribution in [0.15, 0.2) is 78.9 Å². The minimum Gasteiger partial charge on any atom is -0.481 e. The zero-order valence-electron chi connectivity index (χ0n) is 30.0. The van der Waals surface area contributed by atoms with Crippen molar-refractivity contribution in [1.82, 2.24) is 36.8 Å². The van der Waals surface area contributed by atoms with Gasteiger partial charge in [-0.05, 0) is 41.3 Å². The van der Waals surface area contributed by atoms with Crippen molar-refractivity contribution >= 4 is 35.5 Å². The van der Waals surface area contributed by atoms with Crippen molar-refractivity contribution in [3.8, 4) is 11.1 Å². The zero-order chi connectivity index (χ0) is 37.9. The Balaban J connectivity index is 0.00000729. The van der Waals surface area contributed by atoms with Gasteiger partial charge < -0.3 is 60.4 Å². The number of aliphatic carboxylic acids is 1. The van der Waals surface area contributed by atoms with Crippen LogP contribution in [0.2, 0.25) is 0 Å². The number of hydrogen-bond acceptors (Lipinski definition) is 8. The molecule has 14 nitrogen and oxygen atoms in total. The Kier molecular flexibility index (Phi) is 24.0. The second kappa shape index (κ2) is 26.6. The van der Waals surface area contributed by atoms with E-state index in [1.54, 1.807) is 36.2 Å². The molecule has 0 aliphatic rings. The van der Waals surface area contributed by atoms with Gasteiger partial charge in [-0.15, -0.1) is 0 Å². The summed E-state index contributed by atoms with van der Waals surface area (Å²) in [5.41, 5.74) is 4.45. The first kappa shape index (κ1) is 48.8. The van der Waals surface area contributed by atoms with Crippen LogP contribution in [-0.2, 0) is 48.3 Å². The third-order valence-corrected chi connectivity index (χ3v) is 7.99. The predicted molar refractivity (Wildman–Crippen MR) is 196 cm³/mol. The Morgan fingerprint density at radius 3 is 1.76 bits per heavy atom. The topological polar surface area (TPSA) is 198 Å². The molecule has 0 saturated carbocycles. The number of carboxylic acids is 1. The second-order valence-electron chi connectivity index (χ2n) is 12.1. The Morgan fingerprint density at radius 1 is 0.667 bits per heavy atom. The Hall–Kier alpha value is -3.21. The molecule has 3 rings (SSSR count). The molecule has 0 saturated heterocycles. The first-order chi connectivity index (χ1) is 24.9. The molecule has 0 aliphatic heterocycles. The van der Waals surface area contributed by atoms with Crippen LogP contribution in [0.3, 0.4) is 0 Å². The van der Waals surface area contributed by atoms with Gasteiger partial charge in [0.1, 0.15) is 6.04 Å². The van der Waals surface area contributed by atoms with E-state index < -0.39 is 48.1 Å². The number of carbonyl (C=O) groups is 6. The van der Waals surface area contributed by atoms with E-state index in [4.69, 9.17) is 0 Å². The fourth-order valence-corrected chi connectivity index (χ4v) is 5.28. The molecule has 0 fully saturated rings. The third kappa shape index (κ3) is 18.9. The Morgan fingerprint density at radius 2 is 1.22 bits per heavy atom. The average molecular weight is 1030 g/mol. The van der Waals surface area contributed by atoms with Gasteiger partial charge in [0.15, 0.2) is 0 Å². The van der Waals surface area contributed by atoms with Crippen LogP contribution in [0.4, 0.5) is 0 Å². The van der Waals surface area contributed by atoms with E-state index >= 15 is 0 Å². The molecule has 16 heteroatoms. The minimum absolute atomic E-state index is 0. The molecule has 3 aromatic carbocycles. The Bertz CT molecular complexity index is 1640. The molecule has 3 aromatic rings. The summed E-state index contributed by atoms with van der Waals surface area (Å²) in [6.07, 6.45) is -0.282. The number of benzene rings is 3. The van der Waals surface area contributed by atoms with E-state index in [0.29, 0.717) is 25.1 Å². The summed E-state index contributed by atoms with van der Waals surface area (Å²) in [7, 11) is 1.62. The van der Waals surface area contributed by atoms with Crippen molar-refractivity contribution in [2.75, 3.05) is 39.8 Å². The monoisotopic (exact) mass is 1030 g/mol. The summed E-state index contributed by atoms with van der Waals surface area (Å²) in [5.74, 6) is -3.56. The van der Waals surface area contributed by atoms with Crippen molar-refractivity contribution in [1.29, 1.82) is 0 Å². The fourth-order valence-electron chi connectivity index (χ4n) is 5.28. The molecule has 2 atom stereocenters. The van der Waals surface area contributed by atoms with E-state index in [0.717, 1.165) is 22.3 Å². The molecule has 0 bridgehead atoms. The first-order valence-corrected chi connectivity index (χ1v) is 16.8. The summed E-state index contributed by atoms with van der Waals surface area (Å²) in [4.78, 5) is 74.7. The smallest absolute Gasteiger partial charge is 0.305 e. The number of likely N-dealkylation sites (N-methyl/N-ethyl adjacent to an activating group) is 1. The van der Waals surface area contributed by atoms with Crippen molar-refractivity contribution < 1.29 is 114 Å². The zero-order valence-corrected chi connectivity index (χ0v) is 34.5. The van der Waals surface area contributed by atoms with Crippen LogP contribution in [-0.4, -0.2) is 97.4 Å². The molecular formula is C38H47Gd2N7O7-2. The van der Waals surface area contributed by atoms with E-state index in [-0.39, 0.29) is 119 Å². The van der Waals surface area contributed by atoms with Gasteiger partial charge in [0, 0.05) is 119 Å². The van der Waals surface area contributed by atoms with Gasteiger partial charge in [-0.3, -0.25) is 24.1 Å². The maximum Gasteiger partial charge on any atom is 0.305 e. The standard InChI is InChI=1S/C38H47N7O7.2Gd/c1-26(46)40-16-18-45(19-17-41-27(2)47)25-35(48)42-23-29-8-7-9-30(20-29)24-43-37(51)34(22-36(49)50)44-38(52)33(39-3)21-28-12-14-32(15-13-28)31-10-5-4-6-11-31;;/h4-15,20,33-34,39H,1-2,16-19,21-25H2,3H3,(H,40,46)(H,41,47)(H,42,48)(H,43,51)(H,44,52)(H,49,50);;/q-2;;/t33-,34-;;/m0../s1. The molecule has 294 valence electrons. The van der Waals surface area contributed by atoms with E-state index in [2.05, 4.69) is 45.7 Å². The van der Waals surface area contributed by atoms with Crippen molar-refractivity contribution in [3.05, 3.63) is 109 Å². The van der Waals surface area contributed by atoms with Crippen LogP contribution in [0.1, 0.15) is 23.1 Å². The predicted octanol–water partition coefficient (Wildman–Crippen LogP) is 0.579. The molecule has 0 aromatic heterocycles. The molecule has 54 heavy (non-hydrogen) atoms. The van der Waals surface area contributed by atoms with Crippen LogP contribution in [0.25, 0.3) is 11.1 Å². The number of hydrogen-bond donors (Lipinski definition) is 7. The summed E-state index contributed by atoms with van der Waals surface area (Å²) < 4.78 is 0. The number of rotatable bonds is 21. The van der Waals surface area contributed by atoms with Gasteiger partial charge in [-0.2, -0.15) is 0 Å². The number of nitrogens with zero attached hydrogens (tertiary/aromatic N) is 1. The molecule has 5 amide bonds. The Labute approximate surface area is 380 Å². The van der Waals surface area contributed by atoms with Gasteiger partial charge in [0.25, 0.3) is 0 Å². The molecular weight excluding hydrogens is 981 g/mol. The third-order valence-electron chi connectivity index (χ3n) is 7.99. The normalized spacial score (nSPS) is 11.4. The SMILES string of the molecule is [CH2-]C(=O)NCCN(CCNC([CH2-])=O)CC(=O)NCc1cccc(CNC(=O)[C@H](CC(=O)O)NC(=O)[C@H](Cc2ccc(-c3ccccc3)cc2)NC)c1.[Gd].[Gd]. The summed E-state index contributed by atoms with van der Waals surface area (Å²) >= 11 is 0. The van der Waals surface area contributed by atoms with Gasteiger partial charge in [-0.1, -0.05) is 78.9 Å². The fraction of sp³-hybridized carbons (Fsp3) is 0.316. The maximum absolute atomic E-state index is 13.2. The van der Waals surface area contributed by atoms with Crippen LogP contribution in [0, 0.1) is 93.7 Å². The summed E-state index contributed by atoms with van der Waals surface area (Å²) in [6, 6.07) is 22.8. The van der Waals surface area contributed by atoms with Gasteiger partial charge in [0.2, 0.25) is 17.7 Å².